The summed E-state index contributed by atoms with van der Waals surface area (Å²) < 4.78 is 0. The maximum Gasteiger partial charge on any atom is 0.115 e. The van der Waals surface area contributed by atoms with E-state index in [1.165, 1.54) is 13.0 Å². The Balaban J connectivity index is 0.000000226. The van der Waals surface area contributed by atoms with Gasteiger partial charge in [-0.25, -0.2) is 0 Å². The van der Waals surface area contributed by atoms with Gasteiger partial charge in [0.2, 0.25) is 0 Å². The van der Waals surface area contributed by atoms with Crippen molar-refractivity contribution in [3.05, 3.63) is 30.3 Å². The van der Waals surface area contributed by atoms with Gasteiger partial charge in [-0.05, 0) is 39.2 Å². The van der Waals surface area contributed by atoms with Crippen LogP contribution >= 0.6 is 0 Å². The summed E-state index contributed by atoms with van der Waals surface area (Å²) in [4.78, 5) is 2.18. The van der Waals surface area contributed by atoms with E-state index in [1.54, 1.807) is 24.3 Å². The quantitative estimate of drug-likeness (QED) is 0.757. The number of aromatic hydroxyl groups is 1. The molecular weight excluding hydrogens is 162 g/mol. The van der Waals surface area contributed by atoms with Crippen LogP contribution < -0.4 is 0 Å². The van der Waals surface area contributed by atoms with Gasteiger partial charge in [0, 0.05) is 0 Å². The Kier molecular flexibility index (Phi) is 7.02. The molecule has 0 unspecified atom stereocenters. The smallest absolute Gasteiger partial charge is 0.115 e. The van der Waals surface area contributed by atoms with E-state index < -0.39 is 0 Å². The Hall–Kier alpha value is -1.02. The number of phenols is 1. The molecule has 2 heteroatoms. The van der Waals surface area contributed by atoms with Crippen molar-refractivity contribution < 1.29 is 5.11 Å². The number of rotatable bonds is 2. The van der Waals surface area contributed by atoms with Crippen molar-refractivity contribution in [1.82, 2.24) is 4.90 Å². The zero-order valence-electron chi connectivity index (χ0n) is 8.70. The lowest BCUT2D eigenvalue weighted by Crippen LogP contribution is -2.11. The first kappa shape index (κ1) is 12.0. The molecule has 0 bridgehead atoms. The molecule has 1 N–H and O–H groups in total. The van der Waals surface area contributed by atoms with Crippen LogP contribution in [0, 0.1) is 0 Å². The third-order valence-corrected chi connectivity index (χ3v) is 1.43. The lowest BCUT2D eigenvalue weighted by molar-refractivity contribution is 0.408. The first-order valence-electron chi connectivity index (χ1n) is 4.55. The predicted octanol–water partition coefficient (Wildman–Crippen LogP) is 2.35. The molecule has 0 aromatic heterocycles. The maximum atomic E-state index is 8.63. The van der Waals surface area contributed by atoms with Crippen LogP contribution in [0.15, 0.2) is 30.3 Å². The normalized spacial score (nSPS) is 9.23. The summed E-state index contributed by atoms with van der Waals surface area (Å²) in [7, 11) is 4.17. The zero-order valence-corrected chi connectivity index (χ0v) is 8.70. The van der Waals surface area contributed by atoms with Crippen LogP contribution in [0.25, 0.3) is 0 Å². The van der Waals surface area contributed by atoms with Gasteiger partial charge in [0.1, 0.15) is 5.75 Å². The SMILES string of the molecule is CCCN(C)C.Oc1ccccc1. The minimum Gasteiger partial charge on any atom is -0.508 e. The van der Waals surface area contributed by atoms with Crippen LogP contribution in [0.1, 0.15) is 13.3 Å². The van der Waals surface area contributed by atoms with Gasteiger partial charge in [0.25, 0.3) is 0 Å². The Morgan fingerprint density at radius 3 is 1.85 bits per heavy atom. The highest BCUT2D eigenvalue weighted by Crippen LogP contribution is 2.02. The van der Waals surface area contributed by atoms with Crippen LogP contribution in [0.2, 0.25) is 0 Å². The summed E-state index contributed by atoms with van der Waals surface area (Å²) in [6.07, 6.45) is 1.26. The van der Waals surface area contributed by atoms with Crippen molar-refractivity contribution >= 4 is 0 Å². The average Bonchev–Trinajstić information content (AvgIpc) is 2.06. The van der Waals surface area contributed by atoms with Crippen molar-refractivity contribution in [2.24, 2.45) is 0 Å². The zero-order chi connectivity index (χ0) is 10.1. The van der Waals surface area contributed by atoms with Crippen molar-refractivity contribution in [3.8, 4) is 5.75 Å². The number of phenolic OH excluding ortho intramolecular Hbond substituents is 1. The Labute approximate surface area is 80.8 Å². The van der Waals surface area contributed by atoms with Gasteiger partial charge in [0.05, 0.1) is 0 Å². The van der Waals surface area contributed by atoms with Crippen molar-refractivity contribution in [2.45, 2.75) is 13.3 Å². The molecule has 0 heterocycles. The Morgan fingerprint density at radius 2 is 1.69 bits per heavy atom. The van der Waals surface area contributed by atoms with Gasteiger partial charge in [-0.1, -0.05) is 25.1 Å². The molecule has 0 atom stereocenters. The summed E-state index contributed by atoms with van der Waals surface area (Å²) in [6.45, 7) is 3.39. The summed E-state index contributed by atoms with van der Waals surface area (Å²) in [5, 5.41) is 8.63. The fourth-order valence-electron chi connectivity index (χ4n) is 0.875. The van der Waals surface area contributed by atoms with Crippen LogP contribution in [0.3, 0.4) is 0 Å². The highest BCUT2D eigenvalue weighted by atomic mass is 16.3. The number of para-hydroxylation sites is 1. The summed E-state index contributed by atoms with van der Waals surface area (Å²) in [6, 6.07) is 8.71. The second-order valence-electron chi connectivity index (χ2n) is 3.14. The number of hydrogen-bond acceptors (Lipinski definition) is 2. The molecule has 0 saturated carbocycles. The lowest BCUT2D eigenvalue weighted by Gasteiger charge is -2.03. The highest BCUT2D eigenvalue weighted by molar-refractivity contribution is 5.18. The molecule has 1 aromatic carbocycles. The van der Waals surface area contributed by atoms with Gasteiger partial charge in [-0.15, -0.1) is 0 Å². The second kappa shape index (κ2) is 7.62. The van der Waals surface area contributed by atoms with E-state index in [0.717, 1.165) is 0 Å². The molecule has 0 amide bonds. The largest absolute Gasteiger partial charge is 0.508 e. The number of nitrogens with zero attached hydrogens (tertiary/aromatic N) is 1. The monoisotopic (exact) mass is 181 g/mol. The molecule has 74 valence electrons. The van der Waals surface area contributed by atoms with E-state index in [0.29, 0.717) is 5.75 Å². The van der Waals surface area contributed by atoms with E-state index in [2.05, 4.69) is 25.9 Å². The first-order chi connectivity index (χ1) is 6.16. The third-order valence-electron chi connectivity index (χ3n) is 1.43. The van der Waals surface area contributed by atoms with Crippen LogP contribution in [0.5, 0.6) is 5.75 Å². The Morgan fingerprint density at radius 1 is 1.15 bits per heavy atom. The van der Waals surface area contributed by atoms with Gasteiger partial charge in [0.15, 0.2) is 0 Å². The molecule has 1 rings (SSSR count). The van der Waals surface area contributed by atoms with E-state index in [9.17, 15) is 0 Å². The molecule has 0 aliphatic heterocycles. The van der Waals surface area contributed by atoms with Crippen molar-refractivity contribution in [2.75, 3.05) is 20.6 Å². The molecule has 0 fully saturated rings. The van der Waals surface area contributed by atoms with E-state index in [1.807, 2.05) is 6.07 Å². The summed E-state index contributed by atoms with van der Waals surface area (Å²) in [5.41, 5.74) is 0. The maximum absolute atomic E-state index is 8.63. The molecule has 2 nitrogen and oxygen atoms in total. The van der Waals surface area contributed by atoms with Gasteiger partial charge in [-0.2, -0.15) is 0 Å². The van der Waals surface area contributed by atoms with Crippen LogP contribution in [0.4, 0.5) is 0 Å². The molecule has 0 aliphatic rings. The van der Waals surface area contributed by atoms with Gasteiger partial charge < -0.3 is 10.0 Å². The third kappa shape index (κ3) is 8.89. The Bertz CT molecular complexity index is 197. The van der Waals surface area contributed by atoms with E-state index in [4.69, 9.17) is 5.11 Å². The predicted molar refractivity (Wildman–Crippen MR) is 57.0 cm³/mol. The fourth-order valence-corrected chi connectivity index (χ4v) is 0.875. The molecule has 1 aromatic rings. The highest BCUT2D eigenvalue weighted by Gasteiger charge is 1.79. The van der Waals surface area contributed by atoms with Gasteiger partial charge in [-0.3, -0.25) is 0 Å². The van der Waals surface area contributed by atoms with Crippen LogP contribution in [-0.4, -0.2) is 30.6 Å². The number of hydrogen-bond donors (Lipinski definition) is 1. The van der Waals surface area contributed by atoms with E-state index in [-0.39, 0.29) is 0 Å². The summed E-state index contributed by atoms with van der Waals surface area (Å²) >= 11 is 0. The average molecular weight is 181 g/mol. The fraction of sp³-hybridized carbons (Fsp3) is 0.455. The minimum atomic E-state index is 0.322. The molecule has 13 heavy (non-hydrogen) atoms. The van der Waals surface area contributed by atoms with Crippen molar-refractivity contribution in [1.29, 1.82) is 0 Å². The number of benzene rings is 1. The molecule has 0 spiro atoms. The van der Waals surface area contributed by atoms with Crippen molar-refractivity contribution in [3.63, 3.8) is 0 Å². The van der Waals surface area contributed by atoms with Gasteiger partial charge >= 0.3 is 0 Å². The van der Waals surface area contributed by atoms with E-state index >= 15 is 0 Å². The van der Waals surface area contributed by atoms with Crippen LogP contribution in [-0.2, 0) is 0 Å². The standard InChI is InChI=1S/C6H6O.C5H13N/c7-6-4-2-1-3-5-6;1-4-5-6(2)3/h1-5,7H;4-5H2,1-3H3. The molecule has 0 saturated heterocycles. The molecule has 0 radical (unpaired) electrons. The lowest BCUT2D eigenvalue weighted by atomic mass is 10.3. The second-order valence-corrected chi connectivity index (χ2v) is 3.14. The topological polar surface area (TPSA) is 23.5 Å². The summed E-state index contributed by atoms with van der Waals surface area (Å²) in [5.74, 6) is 0.322. The molecule has 0 aliphatic carbocycles. The minimum absolute atomic E-state index is 0.322. The molecular formula is C11H19NO. The first-order valence-corrected chi connectivity index (χ1v) is 4.55.